The van der Waals surface area contributed by atoms with E-state index in [-0.39, 0.29) is 17.8 Å². The van der Waals surface area contributed by atoms with E-state index in [2.05, 4.69) is 21.7 Å². The summed E-state index contributed by atoms with van der Waals surface area (Å²) in [5.74, 6) is 1.76. The number of nitrogens with one attached hydrogen (secondary N) is 2. The molecule has 162 valence electrons. The number of rotatable bonds is 8. The first-order chi connectivity index (χ1) is 14.5. The van der Waals surface area contributed by atoms with Gasteiger partial charge in [0.25, 0.3) is 0 Å². The Balaban J connectivity index is 1.54. The van der Waals surface area contributed by atoms with Crippen molar-refractivity contribution in [3.63, 3.8) is 0 Å². The maximum Gasteiger partial charge on any atom is 0.191 e. The van der Waals surface area contributed by atoms with E-state index >= 15 is 0 Å². The Hall–Kier alpha value is -2.64. The van der Waals surface area contributed by atoms with Crippen LogP contribution in [0.25, 0.3) is 0 Å². The lowest BCUT2D eigenvalue weighted by molar-refractivity contribution is 0.127. The Labute approximate surface area is 177 Å². The molecule has 1 atom stereocenters. The molecule has 30 heavy (non-hydrogen) atoms. The van der Waals surface area contributed by atoms with Gasteiger partial charge in [0, 0.05) is 38.8 Å². The third-order valence-electron chi connectivity index (χ3n) is 5.42. The minimum absolute atomic E-state index is 0.0394. The van der Waals surface area contributed by atoms with Gasteiger partial charge in [-0.1, -0.05) is 12.1 Å². The average molecular weight is 416 g/mol. The summed E-state index contributed by atoms with van der Waals surface area (Å²) in [6, 6.07) is 11.9. The van der Waals surface area contributed by atoms with Gasteiger partial charge >= 0.3 is 0 Å². The van der Waals surface area contributed by atoms with Gasteiger partial charge in [-0.25, -0.2) is 4.39 Å². The van der Waals surface area contributed by atoms with E-state index in [0.29, 0.717) is 37.8 Å². The SMILES string of the molecule is CN=C(NCc1ccc(Oc2ccc(F)cc2)c(C)c1)NCC1(CCO)CCOC1. The number of hydrogen-bond acceptors (Lipinski definition) is 4. The van der Waals surface area contributed by atoms with Crippen molar-refractivity contribution in [1.82, 2.24) is 10.6 Å². The zero-order valence-electron chi connectivity index (χ0n) is 17.6. The first-order valence-corrected chi connectivity index (χ1v) is 10.2. The second kappa shape index (κ2) is 10.4. The van der Waals surface area contributed by atoms with Crippen LogP contribution in [-0.2, 0) is 11.3 Å². The second-order valence-electron chi connectivity index (χ2n) is 7.71. The van der Waals surface area contributed by atoms with Crippen LogP contribution in [-0.4, -0.2) is 44.5 Å². The zero-order valence-corrected chi connectivity index (χ0v) is 17.6. The molecule has 1 aliphatic heterocycles. The standard InChI is InChI=1S/C23H30FN3O3/c1-17-13-18(3-8-21(17)30-20-6-4-19(24)5-7-20)14-26-22(25-2)27-15-23(9-11-28)10-12-29-16-23/h3-8,13,28H,9-12,14-16H2,1-2H3,(H2,25,26,27). The predicted octanol–water partition coefficient (Wildman–Crippen LogP) is 3.38. The number of aliphatic imine (C=N–C) groups is 1. The molecule has 1 aliphatic rings. The topological polar surface area (TPSA) is 75.1 Å². The van der Waals surface area contributed by atoms with Crippen LogP contribution in [0.5, 0.6) is 11.5 Å². The van der Waals surface area contributed by atoms with Crippen LogP contribution in [0.15, 0.2) is 47.5 Å². The molecule has 2 aromatic rings. The Kier molecular flexibility index (Phi) is 7.65. The lowest BCUT2D eigenvalue weighted by atomic mass is 9.84. The van der Waals surface area contributed by atoms with Crippen LogP contribution in [0, 0.1) is 18.2 Å². The number of benzene rings is 2. The molecular weight excluding hydrogens is 385 g/mol. The fourth-order valence-corrected chi connectivity index (χ4v) is 3.55. The fraction of sp³-hybridized carbons (Fsp3) is 0.435. The van der Waals surface area contributed by atoms with Gasteiger partial charge in [0.05, 0.1) is 6.61 Å². The minimum atomic E-state index is -0.287. The highest BCUT2D eigenvalue weighted by molar-refractivity contribution is 5.79. The van der Waals surface area contributed by atoms with Crippen LogP contribution in [0.3, 0.4) is 0 Å². The van der Waals surface area contributed by atoms with Crippen LogP contribution >= 0.6 is 0 Å². The van der Waals surface area contributed by atoms with Crippen molar-refractivity contribution in [1.29, 1.82) is 0 Å². The first kappa shape index (κ1) is 22.1. The van der Waals surface area contributed by atoms with Crippen LogP contribution < -0.4 is 15.4 Å². The molecule has 0 aromatic heterocycles. The molecule has 0 amide bonds. The van der Waals surface area contributed by atoms with E-state index in [1.807, 2.05) is 19.1 Å². The summed E-state index contributed by atoms with van der Waals surface area (Å²) < 4.78 is 24.4. The molecule has 1 saturated heterocycles. The van der Waals surface area contributed by atoms with Crippen molar-refractivity contribution in [3.8, 4) is 11.5 Å². The van der Waals surface area contributed by atoms with E-state index in [4.69, 9.17) is 9.47 Å². The quantitative estimate of drug-likeness (QED) is 0.455. The van der Waals surface area contributed by atoms with Crippen LogP contribution in [0.4, 0.5) is 4.39 Å². The molecule has 0 bridgehead atoms. The largest absolute Gasteiger partial charge is 0.457 e. The van der Waals surface area contributed by atoms with Gasteiger partial charge in [0.2, 0.25) is 0 Å². The highest BCUT2D eigenvalue weighted by atomic mass is 19.1. The molecule has 0 spiro atoms. The summed E-state index contributed by atoms with van der Waals surface area (Å²) in [6.07, 6.45) is 1.65. The normalized spacial score (nSPS) is 19.0. The van der Waals surface area contributed by atoms with Gasteiger partial charge in [-0.15, -0.1) is 0 Å². The van der Waals surface area contributed by atoms with Crippen molar-refractivity contribution in [2.45, 2.75) is 26.3 Å². The van der Waals surface area contributed by atoms with Gasteiger partial charge in [-0.3, -0.25) is 4.99 Å². The molecule has 3 N–H and O–H groups in total. The number of aliphatic hydroxyl groups is 1. The maximum atomic E-state index is 13.0. The smallest absolute Gasteiger partial charge is 0.191 e. The third kappa shape index (κ3) is 5.93. The molecule has 0 aliphatic carbocycles. The monoisotopic (exact) mass is 415 g/mol. The number of nitrogens with zero attached hydrogens (tertiary/aromatic N) is 1. The number of ether oxygens (including phenoxy) is 2. The fourth-order valence-electron chi connectivity index (χ4n) is 3.55. The van der Waals surface area contributed by atoms with Crippen molar-refractivity contribution < 1.29 is 19.0 Å². The lowest BCUT2D eigenvalue weighted by Crippen LogP contribution is -2.44. The van der Waals surface area contributed by atoms with E-state index < -0.39 is 0 Å². The van der Waals surface area contributed by atoms with Gasteiger partial charge in [0.15, 0.2) is 5.96 Å². The predicted molar refractivity (Wildman–Crippen MR) is 115 cm³/mol. The number of hydrogen-bond donors (Lipinski definition) is 3. The molecule has 7 heteroatoms. The van der Waals surface area contributed by atoms with Crippen molar-refractivity contribution >= 4 is 5.96 Å². The third-order valence-corrected chi connectivity index (χ3v) is 5.42. The summed E-state index contributed by atoms with van der Waals surface area (Å²) in [6.45, 7) is 4.85. The Morgan fingerprint density at radius 2 is 2.03 bits per heavy atom. The maximum absolute atomic E-state index is 13.0. The summed E-state index contributed by atoms with van der Waals surface area (Å²) in [5.41, 5.74) is 2.05. The Morgan fingerprint density at radius 3 is 2.67 bits per heavy atom. The zero-order chi connectivity index (χ0) is 21.4. The summed E-state index contributed by atoms with van der Waals surface area (Å²) >= 11 is 0. The molecule has 0 saturated carbocycles. The molecule has 1 unspecified atom stereocenters. The van der Waals surface area contributed by atoms with Crippen molar-refractivity contribution in [2.24, 2.45) is 10.4 Å². The van der Waals surface area contributed by atoms with E-state index in [1.54, 1.807) is 19.2 Å². The number of aryl methyl sites for hydroxylation is 1. The van der Waals surface area contributed by atoms with Gasteiger partial charge in [-0.05, 0) is 61.2 Å². The summed E-state index contributed by atoms with van der Waals surface area (Å²) in [4.78, 5) is 4.29. The van der Waals surface area contributed by atoms with Crippen molar-refractivity contribution in [2.75, 3.05) is 33.4 Å². The van der Waals surface area contributed by atoms with Gasteiger partial charge in [0.1, 0.15) is 17.3 Å². The van der Waals surface area contributed by atoms with Crippen LogP contribution in [0.1, 0.15) is 24.0 Å². The lowest BCUT2D eigenvalue weighted by Gasteiger charge is -2.27. The summed E-state index contributed by atoms with van der Waals surface area (Å²) in [5, 5.41) is 16.1. The number of aliphatic hydroxyl groups excluding tert-OH is 1. The summed E-state index contributed by atoms with van der Waals surface area (Å²) in [7, 11) is 1.74. The molecule has 3 rings (SSSR count). The number of guanidine groups is 1. The molecule has 1 fully saturated rings. The van der Waals surface area contributed by atoms with E-state index in [0.717, 1.165) is 29.9 Å². The van der Waals surface area contributed by atoms with Crippen LogP contribution in [0.2, 0.25) is 0 Å². The van der Waals surface area contributed by atoms with Crippen molar-refractivity contribution in [3.05, 3.63) is 59.4 Å². The molecule has 1 heterocycles. The average Bonchev–Trinajstić information content (AvgIpc) is 3.20. The molecule has 2 aromatic carbocycles. The van der Waals surface area contributed by atoms with E-state index in [9.17, 15) is 9.50 Å². The first-order valence-electron chi connectivity index (χ1n) is 10.2. The van der Waals surface area contributed by atoms with Gasteiger partial charge in [-0.2, -0.15) is 0 Å². The van der Waals surface area contributed by atoms with Gasteiger partial charge < -0.3 is 25.2 Å². The molecular formula is C23H30FN3O3. The molecule has 6 nitrogen and oxygen atoms in total. The number of halogens is 1. The van der Waals surface area contributed by atoms with E-state index in [1.165, 1.54) is 12.1 Å². The Bertz CT molecular complexity index is 849. The Morgan fingerprint density at radius 1 is 1.23 bits per heavy atom. The molecule has 0 radical (unpaired) electrons. The highest BCUT2D eigenvalue weighted by Crippen LogP contribution is 2.31. The minimum Gasteiger partial charge on any atom is -0.457 e. The highest BCUT2D eigenvalue weighted by Gasteiger charge is 2.34. The second-order valence-corrected chi connectivity index (χ2v) is 7.71.